The minimum absolute atomic E-state index is 0.0210. The molecule has 1 amide bonds. The van der Waals surface area contributed by atoms with Gasteiger partial charge in [-0.1, -0.05) is 0 Å². The van der Waals surface area contributed by atoms with Crippen molar-refractivity contribution < 1.29 is 35.9 Å². The van der Waals surface area contributed by atoms with Gasteiger partial charge in [-0.15, -0.1) is 0 Å². The normalized spacial score (nSPS) is 15.2. The van der Waals surface area contributed by atoms with Gasteiger partial charge in [0.15, 0.2) is 11.7 Å². The first kappa shape index (κ1) is 24.6. The van der Waals surface area contributed by atoms with Crippen LogP contribution in [0.15, 0.2) is 28.7 Å². The minimum Gasteiger partial charge on any atom is -0.422 e. The van der Waals surface area contributed by atoms with E-state index in [1.165, 1.54) is 4.90 Å². The number of carbonyl (C=O) groups excluding carboxylic acids is 1. The Morgan fingerprint density at radius 3 is 2.54 bits per heavy atom. The van der Waals surface area contributed by atoms with Gasteiger partial charge < -0.3 is 24.7 Å². The van der Waals surface area contributed by atoms with Crippen LogP contribution in [0, 0.1) is 18.6 Å². The zero-order chi connectivity index (χ0) is 25.3. The lowest BCUT2D eigenvalue weighted by Gasteiger charge is -2.42. The Morgan fingerprint density at radius 1 is 1.20 bits per heavy atom. The topological polar surface area (TPSA) is 92.5 Å². The number of aryl methyl sites for hydroxylation is 1. The van der Waals surface area contributed by atoms with E-state index in [0.29, 0.717) is 11.2 Å². The van der Waals surface area contributed by atoms with Gasteiger partial charge in [0.05, 0.1) is 6.10 Å². The Hall–Kier alpha value is -3.48. The van der Waals surface area contributed by atoms with E-state index in [2.05, 4.69) is 20.6 Å². The average molecular weight is 499 g/mol. The van der Waals surface area contributed by atoms with E-state index >= 15 is 0 Å². The largest absolute Gasteiger partial charge is 0.422 e. The average Bonchev–Trinajstić information content (AvgIpc) is 3.13. The van der Waals surface area contributed by atoms with E-state index in [1.54, 1.807) is 12.1 Å². The molecule has 1 atom stereocenters. The number of halogens is 5. The number of rotatable bonds is 8. The Bertz CT molecular complexity index is 1200. The summed E-state index contributed by atoms with van der Waals surface area (Å²) in [4.78, 5) is 22.1. The molecule has 0 saturated carbocycles. The van der Waals surface area contributed by atoms with E-state index < -0.39 is 41.5 Å². The molecule has 1 fully saturated rings. The molecule has 3 heterocycles. The minimum atomic E-state index is -4.48. The van der Waals surface area contributed by atoms with Crippen molar-refractivity contribution in [2.75, 3.05) is 36.4 Å². The molecule has 1 aliphatic heterocycles. The Balaban J connectivity index is 1.28. The van der Waals surface area contributed by atoms with Gasteiger partial charge in [0.1, 0.15) is 17.2 Å². The fraction of sp³-hybridized carbons (Fsp3) is 0.409. The molecule has 4 rings (SSSR count). The highest BCUT2D eigenvalue weighted by atomic mass is 19.4. The maximum Gasteiger partial charge on any atom is 0.414 e. The van der Waals surface area contributed by atoms with Crippen LogP contribution in [-0.2, 0) is 4.74 Å². The first-order valence-electron chi connectivity index (χ1n) is 10.7. The molecule has 35 heavy (non-hydrogen) atoms. The summed E-state index contributed by atoms with van der Waals surface area (Å²) in [7, 11) is 0. The monoisotopic (exact) mass is 499 g/mol. The first-order chi connectivity index (χ1) is 16.5. The van der Waals surface area contributed by atoms with Crippen LogP contribution in [0.2, 0.25) is 0 Å². The van der Waals surface area contributed by atoms with Crippen molar-refractivity contribution >= 4 is 28.8 Å². The van der Waals surface area contributed by atoms with Crippen molar-refractivity contribution in [1.29, 1.82) is 0 Å². The van der Waals surface area contributed by atoms with Crippen molar-refractivity contribution in [1.82, 2.24) is 15.3 Å². The fourth-order valence-corrected chi connectivity index (χ4v) is 3.48. The van der Waals surface area contributed by atoms with Crippen LogP contribution in [0.3, 0.4) is 0 Å². The zero-order valence-corrected chi connectivity index (χ0v) is 18.7. The van der Waals surface area contributed by atoms with E-state index in [-0.39, 0.29) is 37.9 Å². The summed E-state index contributed by atoms with van der Waals surface area (Å²) in [5, 5.41) is 5.25. The second-order valence-electron chi connectivity index (χ2n) is 8.11. The Morgan fingerprint density at radius 2 is 1.89 bits per heavy atom. The molecule has 0 radical (unpaired) electrons. The van der Waals surface area contributed by atoms with Gasteiger partial charge in [-0.25, -0.2) is 13.8 Å². The number of hydrogen-bond donors (Lipinski definition) is 2. The molecule has 1 aromatic carbocycles. The highest BCUT2D eigenvalue weighted by molar-refractivity contribution is 5.95. The molecule has 8 nitrogen and oxygen atoms in total. The fourth-order valence-electron chi connectivity index (χ4n) is 3.48. The molecule has 2 N–H and O–H groups in total. The van der Waals surface area contributed by atoms with Crippen molar-refractivity contribution in [2.45, 2.75) is 32.2 Å². The second-order valence-corrected chi connectivity index (χ2v) is 8.11. The Labute approximate surface area is 196 Å². The van der Waals surface area contributed by atoms with Gasteiger partial charge in [-0.3, -0.25) is 4.79 Å². The maximum absolute atomic E-state index is 14.5. The summed E-state index contributed by atoms with van der Waals surface area (Å²) < 4.78 is 77.1. The molecule has 0 aliphatic carbocycles. The van der Waals surface area contributed by atoms with Crippen molar-refractivity contribution in [3.63, 3.8) is 0 Å². The molecule has 1 unspecified atom stereocenters. The van der Waals surface area contributed by atoms with Crippen LogP contribution in [-0.4, -0.2) is 60.4 Å². The molecular formula is C22H22F5N5O3. The summed E-state index contributed by atoms with van der Waals surface area (Å²) in [5.41, 5.74) is 1.04. The van der Waals surface area contributed by atoms with Crippen molar-refractivity contribution in [2.24, 2.45) is 0 Å². The smallest absolute Gasteiger partial charge is 0.414 e. The lowest BCUT2D eigenvalue weighted by atomic mass is 10.1. The van der Waals surface area contributed by atoms with Gasteiger partial charge in [-0.05, 0) is 38.1 Å². The molecule has 0 bridgehead atoms. The van der Waals surface area contributed by atoms with Crippen LogP contribution >= 0.6 is 0 Å². The third-order valence-corrected chi connectivity index (χ3v) is 5.40. The van der Waals surface area contributed by atoms with Crippen LogP contribution in [0.4, 0.5) is 33.7 Å². The number of aromatic nitrogens is 2. The molecule has 3 aromatic rings. The van der Waals surface area contributed by atoms with Gasteiger partial charge in [-0.2, -0.15) is 18.2 Å². The van der Waals surface area contributed by atoms with E-state index in [4.69, 9.17) is 9.15 Å². The van der Waals surface area contributed by atoms with Gasteiger partial charge in [0.2, 0.25) is 5.65 Å². The first-order valence-corrected chi connectivity index (χ1v) is 10.7. The standard InChI is InChI=1S/C22H22F5N5O3/c1-11-3-4-17-19(30-11)31-21(35-17)29-6-5-28-20(33)18-15(23)7-13(8-16(18)24)32-9-14(10-32)34-12(2)22(25,26)27/h3-4,7-8,12,14H,5-6,9-10H2,1-2H3,(H,28,33)(H,29,30,31). The number of pyridine rings is 1. The zero-order valence-electron chi connectivity index (χ0n) is 18.7. The molecule has 188 valence electrons. The number of alkyl halides is 3. The van der Waals surface area contributed by atoms with E-state index in [0.717, 1.165) is 24.8 Å². The van der Waals surface area contributed by atoms with Gasteiger partial charge in [0.25, 0.3) is 11.9 Å². The lowest BCUT2D eigenvalue weighted by molar-refractivity contribution is -0.228. The summed E-state index contributed by atoms with van der Waals surface area (Å²) >= 11 is 0. The highest BCUT2D eigenvalue weighted by Crippen LogP contribution is 2.30. The SMILES string of the molecule is Cc1ccc2oc(NCCNC(=O)c3c(F)cc(N4CC(OC(C)C(F)(F)F)C4)cc3F)nc2n1. The maximum atomic E-state index is 14.5. The predicted octanol–water partition coefficient (Wildman–Crippen LogP) is 3.81. The number of amides is 1. The van der Waals surface area contributed by atoms with Gasteiger partial charge >= 0.3 is 6.18 Å². The molecule has 2 aromatic heterocycles. The van der Waals surface area contributed by atoms with E-state index in [1.807, 2.05) is 6.92 Å². The highest BCUT2D eigenvalue weighted by Gasteiger charge is 2.41. The third kappa shape index (κ3) is 5.61. The lowest BCUT2D eigenvalue weighted by Crippen LogP contribution is -2.54. The Kier molecular flexibility index (Phi) is 6.79. The number of benzene rings is 1. The summed E-state index contributed by atoms with van der Waals surface area (Å²) in [6.45, 7) is 2.99. The number of fused-ring (bicyclic) bond motifs is 1. The molecular weight excluding hydrogens is 477 g/mol. The molecule has 1 saturated heterocycles. The summed E-state index contributed by atoms with van der Waals surface area (Å²) in [6.07, 6.45) is -7.14. The quantitative estimate of drug-likeness (QED) is 0.360. The molecule has 0 spiro atoms. The summed E-state index contributed by atoms with van der Waals surface area (Å²) in [6, 6.07) is 5.62. The molecule has 13 heteroatoms. The van der Waals surface area contributed by atoms with Crippen LogP contribution in [0.25, 0.3) is 11.2 Å². The number of nitrogens with zero attached hydrogens (tertiary/aromatic N) is 3. The van der Waals surface area contributed by atoms with E-state index in [9.17, 15) is 26.7 Å². The number of ether oxygens (including phenoxy) is 1. The number of oxazole rings is 1. The van der Waals surface area contributed by atoms with Crippen LogP contribution in [0.1, 0.15) is 23.0 Å². The van der Waals surface area contributed by atoms with Crippen LogP contribution in [0.5, 0.6) is 0 Å². The van der Waals surface area contributed by atoms with Gasteiger partial charge in [0, 0.05) is 37.6 Å². The number of hydrogen-bond acceptors (Lipinski definition) is 7. The second kappa shape index (κ2) is 9.64. The predicted molar refractivity (Wildman–Crippen MR) is 116 cm³/mol. The third-order valence-electron chi connectivity index (χ3n) is 5.40. The molecule has 1 aliphatic rings. The summed E-state index contributed by atoms with van der Waals surface area (Å²) in [5.74, 6) is -3.12. The number of carbonyl (C=O) groups is 1. The van der Waals surface area contributed by atoms with Crippen molar-refractivity contribution in [3.05, 3.63) is 47.2 Å². The number of nitrogens with one attached hydrogen (secondary N) is 2. The number of anilines is 2. The van der Waals surface area contributed by atoms with Crippen LogP contribution < -0.4 is 15.5 Å². The van der Waals surface area contributed by atoms with Crippen molar-refractivity contribution in [3.8, 4) is 0 Å².